The molecule has 1 heterocycles. The van der Waals surface area contributed by atoms with Gasteiger partial charge in [-0.25, -0.2) is 18.4 Å². The van der Waals surface area contributed by atoms with Gasteiger partial charge in [0.1, 0.15) is 5.75 Å². The minimum Gasteiger partial charge on any atom is -0.508 e. The van der Waals surface area contributed by atoms with E-state index in [-0.39, 0.29) is 23.0 Å². The average Bonchev–Trinajstić information content (AvgIpc) is 2.76. The number of nitrogens with one attached hydrogen (secondary N) is 2. The van der Waals surface area contributed by atoms with Crippen molar-refractivity contribution in [3.05, 3.63) is 48.5 Å². The first-order valence-electron chi connectivity index (χ1n) is 11.2. The zero-order valence-corrected chi connectivity index (χ0v) is 19.7. The van der Waals surface area contributed by atoms with Gasteiger partial charge in [-0.15, -0.1) is 0 Å². The van der Waals surface area contributed by atoms with Gasteiger partial charge in [-0.2, -0.15) is 0 Å². The number of hydrogen-bond acceptors (Lipinski definition) is 7. The van der Waals surface area contributed by atoms with Crippen LogP contribution in [0.5, 0.6) is 5.75 Å². The van der Waals surface area contributed by atoms with Crippen molar-refractivity contribution in [2.24, 2.45) is 0 Å². The van der Waals surface area contributed by atoms with Crippen LogP contribution in [0.4, 0.5) is 17.3 Å². The molecular weight excluding hydrogens is 440 g/mol. The highest BCUT2D eigenvalue weighted by atomic mass is 32.2. The molecule has 1 aliphatic rings. The van der Waals surface area contributed by atoms with Crippen LogP contribution in [0.2, 0.25) is 0 Å². The summed E-state index contributed by atoms with van der Waals surface area (Å²) in [5.41, 5.74) is 1.60. The fourth-order valence-corrected chi connectivity index (χ4v) is 5.82. The quantitative estimate of drug-likeness (QED) is 0.467. The third kappa shape index (κ3) is 5.54. The van der Waals surface area contributed by atoms with Crippen molar-refractivity contribution in [1.29, 1.82) is 0 Å². The van der Waals surface area contributed by atoms with Crippen molar-refractivity contribution in [1.82, 2.24) is 9.97 Å². The second-order valence-electron chi connectivity index (χ2n) is 8.79. The van der Waals surface area contributed by atoms with Crippen molar-refractivity contribution in [3.63, 3.8) is 0 Å². The number of sulfonamides is 1. The molecule has 3 aromatic rings. The average molecular weight is 471 g/mol. The summed E-state index contributed by atoms with van der Waals surface area (Å²) in [5.74, 6) is 0.509. The zero-order valence-electron chi connectivity index (χ0n) is 18.9. The highest BCUT2D eigenvalue weighted by Crippen LogP contribution is 2.33. The lowest BCUT2D eigenvalue weighted by Crippen LogP contribution is -2.34. The maximum Gasteiger partial charge on any atom is 0.236 e. The number of methoxy groups -OCH3 is 1. The van der Waals surface area contributed by atoms with Crippen LogP contribution < -0.4 is 10.0 Å². The van der Waals surface area contributed by atoms with E-state index in [1.807, 2.05) is 18.2 Å². The molecule has 0 atom stereocenters. The molecule has 9 heteroatoms. The Balaban J connectivity index is 1.62. The lowest BCUT2D eigenvalue weighted by Gasteiger charge is -2.32. The molecule has 176 valence electrons. The third-order valence-electron chi connectivity index (χ3n) is 6.31. The summed E-state index contributed by atoms with van der Waals surface area (Å²) >= 11 is 0. The van der Waals surface area contributed by atoms with Gasteiger partial charge < -0.3 is 15.2 Å². The van der Waals surface area contributed by atoms with E-state index in [1.165, 1.54) is 6.07 Å². The van der Waals surface area contributed by atoms with Gasteiger partial charge in [-0.05, 0) is 69.7 Å². The zero-order chi connectivity index (χ0) is 23.5. The SMILES string of the molecule is COC1(C)CCCC(S(=O)(=O)Nc2nc3ccccc3nc2Nc2cccc(O)c2)CCC1. The van der Waals surface area contributed by atoms with Crippen molar-refractivity contribution in [3.8, 4) is 5.75 Å². The molecule has 3 N–H and O–H groups in total. The van der Waals surface area contributed by atoms with Crippen molar-refractivity contribution in [2.75, 3.05) is 17.1 Å². The standard InChI is InChI=1S/C24H30N4O4S/c1-24(32-2)14-6-10-19(11-7-15-24)33(30,31)28-23-22(25-17-8-5-9-18(29)16-17)26-20-12-3-4-13-21(20)27-23/h3-5,8-9,12-13,16,19,29H,6-7,10-11,14-15H2,1-2H3,(H,25,26)(H,27,28). The van der Waals surface area contributed by atoms with Crippen LogP contribution in [0.3, 0.4) is 0 Å². The van der Waals surface area contributed by atoms with Crippen LogP contribution in [-0.2, 0) is 14.8 Å². The molecule has 1 aliphatic carbocycles. The normalized spacial score (nSPS) is 21.8. The van der Waals surface area contributed by atoms with Crippen LogP contribution >= 0.6 is 0 Å². The van der Waals surface area contributed by atoms with E-state index >= 15 is 0 Å². The molecule has 2 aromatic carbocycles. The van der Waals surface area contributed by atoms with Crippen LogP contribution in [0.15, 0.2) is 48.5 Å². The number of para-hydroxylation sites is 2. The number of phenolic OH excluding ortho intramolecular Hbond substituents is 1. The van der Waals surface area contributed by atoms with E-state index in [0.29, 0.717) is 29.6 Å². The first-order valence-corrected chi connectivity index (χ1v) is 12.7. The minimum atomic E-state index is -3.69. The number of aromatic nitrogens is 2. The Morgan fingerprint density at radius 3 is 2.24 bits per heavy atom. The molecule has 0 bridgehead atoms. The van der Waals surface area contributed by atoms with Gasteiger partial charge in [0.15, 0.2) is 11.6 Å². The molecule has 0 unspecified atom stereocenters. The summed E-state index contributed by atoms with van der Waals surface area (Å²) in [6.45, 7) is 2.09. The molecule has 0 aliphatic heterocycles. The van der Waals surface area contributed by atoms with Gasteiger partial charge in [0.25, 0.3) is 0 Å². The molecule has 0 saturated heterocycles. The summed E-state index contributed by atoms with van der Waals surface area (Å²) in [5, 5.41) is 12.4. The number of anilines is 3. The predicted octanol–water partition coefficient (Wildman–Crippen LogP) is 4.95. The number of rotatable bonds is 6. The second kappa shape index (κ2) is 9.52. The van der Waals surface area contributed by atoms with Gasteiger partial charge >= 0.3 is 0 Å². The molecular formula is C24H30N4O4S. The number of benzene rings is 2. The van der Waals surface area contributed by atoms with Crippen molar-refractivity contribution >= 4 is 38.4 Å². The van der Waals surface area contributed by atoms with Gasteiger partial charge in [-0.3, -0.25) is 4.72 Å². The summed E-state index contributed by atoms with van der Waals surface area (Å²) in [7, 11) is -1.98. The lowest BCUT2D eigenvalue weighted by atomic mass is 9.88. The smallest absolute Gasteiger partial charge is 0.236 e. The maximum atomic E-state index is 13.4. The largest absolute Gasteiger partial charge is 0.508 e. The highest BCUT2D eigenvalue weighted by molar-refractivity contribution is 7.93. The predicted molar refractivity (Wildman–Crippen MR) is 130 cm³/mol. The first-order chi connectivity index (χ1) is 15.8. The third-order valence-corrected chi connectivity index (χ3v) is 8.14. The summed E-state index contributed by atoms with van der Waals surface area (Å²) < 4.78 is 35.1. The molecule has 33 heavy (non-hydrogen) atoms. The van der Waals surface area contributed by atoms with Gasteiger partial charge in [0.05, 0.1) is 21.9 Å². The van der Waals surface area contributed by atoms with E-state index in [0.717, 1.165) is 25.7 Å². The second-order valence-corrected chi connectivity index (χ2v) is 10.8. The van der Waals surface area contributed by atoms with E-state index in [1.54, 1.807) is 31.4 Å². The van der Waals surface area contributed by atoms with E-state index in [4.69, 9.17) is 4.74 Å². The number of phenols is 1. The van der Waals surface area contributed by atoms with Crippen LogP contribution in [0.1, 0.15) is 45.4 Å². The molecule has 4 rings (SSSR count). The number of fused-ring (bicyclic) bond motifs is 1. The Bertz CT molecular complexity index is 1220. The lowest BCUT2D eigenvalue weighted by molar-refractivity contribution is -0.0147. The number of nitrogens with zero attached hydrogens (tertiary/aromatic N) is 2. The Morgan fingerprint density at radius 1 is 1.00 bits per heavy atom. The monoisotopic (exact) mass is 470 g/mol. The molecule has 1 fully saturated rings. The number of aromatic hydroxyl groups is 1. The molecule has 0 spiro atoms. The van der Waals surface area contributed by atoms with Crippen LogP contribution in [0, 0.1) is 0 Å². The van der Waals surface area contributed by atoms with Crippen molar-refractivity contribution < 1.29 is 18.3 Å². The van der Waals surface area contributed by atoms with E-state index < -0.39 is 15.3 Å². The number of ether oxygens (including phenoxy) is 1. The summed E-state index contributed by atoms with van der Waals surface area (Å²) in [6.07, 6.45) is 4.32. The maximum absolute atomic E-state index is 13.4. The van der Waals surface area contributed by atoms with Crippen LogP contribution in [0.25, 0.3) is 11.0 Å². The highest BCUT2D eigenvalue weighted by Gasteiger charge is 2.32. The molecule has 8 nitrogen and oxygen atoms in total. The molecule has 1 saturated carbocycles. The van der Waals surface area contributed by atoms with Crippen LogP contribution in [-0.4, -0.2) is 41.5 Å². The van der Waals surface area contributed by atoms with Gasteiger partial charge in [0, 0.05) is 18.9 Å². The van der Waals surface area contributed by atoms with E-state index in [2.05, 4.69) is 26.9 Å². The topological polar surface area (TPSA) is 113 Å². The Morgan fingerprint density at radius 2 is 1.64 bits per heavy atom. The fourth-order valence-electron chi connectivity index (χ4n) is 4.29. The Labute approximate surface area is 194 Å². The fraction of sp³-hybridized carbons (Fsp3) is 0.417. The van der Waals surface area contributed by atoms with Gasteiger partial charge in [0.2, 0.25) is 10.0 Å². The Hall–Kier alpha value is -2.91. The van der Waals surface area contributed by atoms with Crippen molar-refractivity contribution in [2.45, 2.75) is 56.3 Å². The molecule has 0 radical (unpaired) electrons. The molecule has 0 amide bonds. The van der Waals surface area contributed by atoms with Gasteiger partial charge in [-0.1, -0.05) is 18.2 Å². The minimum absolute atomic E-state index is 0.0912. The molecule has 1 aromatic heterocycles. The van der Waals surface area contributed by atoms with E-state index in [9.17, 15) is 13.5 Å². The number of hydrogen-bond donors (Lipinski definition) is 3. The summed E-state index contributed by atoms with van der Waals surface area (Å²) in [6, 6.07) is 13.8. The summed E-state index contributed by atoms with van der Waals surface area (Å²) in [4.78, 5) is 9.15. The Kier molecular flexibility index (Phi) is 6.71. The first kappa shape index (κ1) is 23.3.